The number of hydrogen-bond acceptors (Lipinski definition) is 1. The number of benzene rings is 9. The number of anilines is 3. The third-order valence-electron chi connectivity index (χ3n) is 13.5. The topological polar surface area (TPSA) is 3.24 Å². The molecule has 0 saturated carbocycles. The van der Waals surface area contributed by atoms with Crippen LogP contribution in [0.1, 0.15) is 47.2 Å². The van der Waals surface area contributed by atoms with Gasteiger partial charge >= 0.3 is 0 Å². The Labute approximate surface area is 346 Å². The summed E-state index contributed by atoms with van der Waals surface area (Å²) in [4.78, 5) is 2.47. The third kappa shape index (κ3) is 4.73. The van der Waals surface area contributed by atoms with Gasteiger partial charge in [-0.05, 0) is 120 Å². The van der Waals surface area contributed by atoms with Crippen molar-refractivity contribution in [3.63, 3.8) is 0 Å². The Balaban J connectivity index is 1.04. The van der Waals surface area contributed by atoms with Crippen molar-refractivity contribution in [2.24, 2.45) is 0 Å². The molecule has 0 fully saturated rings. The molecule has 0 N–H and O–H groups in total. The lowest BCUT2D eigenvalue weighted by molar-refractivity contribution is 0.660. The molecule has 0 bridgehead atoms. The number of nitrogens with zero attached hydrogens (tertiary/aromatic N) is 1. The highest BCUT2D eigenvalue weighted by atomic mass is 15.1. The molecular weight excluding hydrogens is 711 g/mol. The smallest absolute Gasteiger partial charge is 0.0726 e. The van der Waals surface area contributed by atoms with E-state index in [9.17, 15) is 0 Å². The molecule has 12 rings (SSSR count). The first-order chi connectivity index (χ1) is 29.0. The zero-order chi connectivity index (χ0) is 39.3. The van der Waals surface area contributed by atoms with Crippen LogP contribution in [0.2, 0.25) is 0 Å². The maximum absolute atomic E-state index is 2.47. The Bertz CT molecular complexity index is 3070. The largest absolute Gasteiger partial charge is 0.310 e. The van der Waals surface area contributed by atoms with Gasteiger partial charge in [-0.25, -0.2) is 0 Å². The molecule has 9 aromatic carbocycles. The molecule has 1 heteroatoms. The van der Waals surface area contributed by atoms with Crippen molar-refractivity contribution < 1.29 is 0 Å². The predicted octanol–water partition coefficient (Wildman–Crippen LogP) is 15.1. The molecule has 1 nitrogen and oxygen atoms in total. The van der Waals surface area contributed by atoms with E-state index in [1.54, 1.807) is 0 Å². The molecule has 0 saturated heterocycles. The summed E-state index contributed by atoms with van der Waals surface area (Å²) >= 11 is 0. The fraction of sp³-hybridized carbons (Fsp3) is 0.0690. The van der Waals surface area contributed by atoms with Gasteiger partial charge in [0.05, 0.1) is 11.1 Å². The Morgan fingerprint density at radius 3 is 1.34 bits per heavy atom. The van der Waals surface area contributed by atoms with E-state index in [1.165, 1.54) is 94.7 Å². The van der Waals surface area contributed by atoms with E-state index in [2.05, 4.69) is 231 Å². The van der Waals surface area contributed by atoms with Gasteiger partial charge in [0.15, 0.2) is 0 Å². The molecule has 1 spiro atoms. The highest BCUT2D eigenvalue weighted by Gasteiger charge is 2.52. The quantitative estimate of drug-likeness (QED) is 0.169. The predicted molar refractivity (Wildman–Crippen MR) is 246 cm³/mol. The zero-order valence-corrected chi connectivity index (χ0v) is 33.2. The summed E-state index contributed by atoms with van der Waals surface area (Å²) in [6.07, 6.45) is 0. The second kappa shape index (κ2) is 12.6. The van der Waals surface area contributed by atoms with Gasteiger partial charge in [0, 0.05) is 22.4 Å². The van der Waals surface area contributed by atoms with Gasteiger partial charge < -0.3 is 4.90 Å². The maximum atomic E-state index is 2.47. The number of rotatable bonds is 5. The van der Waals surface area contributed by atoms with Gasteiger partial charge in [-0.15, -0.1) is 0 Å². The molecule has 3 aliphatic carbocycles. The molecule has 9 aromatic rings. The van der Waals surface area contributed by atoms with Crippen LogP contribution in [0, 0.1) is 0 Å². The summed E-state index contributed by atoms with van der Waals surface area (Å²) in [5.41, 5.74) is 23.9. The van der Waals surface area contributed by atoms with Gasteiger partial charge in [0.1, 0.15) is 0 Å². The molecule has 0 amide bonds. The average molecular weight is 752 g/mol. The lowest BCUT2D eigenvalue weighted by Gasteiger charge is -2.32. The molecule has 0 radical (unpaired) electrons. The van der Waals surface area contributed by atoms with Gasteiger partial charge in [-0.2, -0.15) is 0 Å². The summed E-state index contributed by atoms with van der Waals surface area (Å²) in [6, 6.07) is 79.1. The number of hydrogen-bond donors (Lipinski definition) is 0. The average Bonchev–Trinajstić information content (AvgIpc) is 3.86. The lowest BCUT2D eigenvalue weighted by atomic mass is 9.70. The normalized spacial score (nSPS) is 14.2. The SMILES string of the molecule is CC1(C)c2ccccc2-c2ccc(-c3ccc(N(c4ccc(-c5ccccc5)cc4)c4cccc5c4-c4ccccc4C54c5ccccc5-c5ccccc54)cc3)cc21. The van der Waals surface area contributed by atoms with E-state index in [1.807, 2.05) is 0 Å². The second-order valence-electron chi connectivity index (χ2n) is 16.8. The molecule has 0 heterocycles. The van der Waals surface area contributed by atoms with Gasteiger partial charge in [0.2, 0.25) is 0 Å². The molecule has 0 aromatic heterocycles. The van der Waals surface area contributed by atoms with E-state index < -0.39 is 5.41 Å². The van der Waals surface area contributed by atoms with Crippen molar-refractivity contribution in [1.82, 2.24) is 0 Å². The van der Waals surface area contributed by atoms with Crippen molar-refractivity contribution in [3.05, 3.63) is 246 Å². The Hall–Kier alpha value is -7.22. The minimum Gasteiger partial charge on any atom is -0.310 e. The van der Waals surface area contributed by atoms with E-state index in [-0.39, 0.29) is 5.41 Å². The first-order valence-electron chi connectivity index (χ1n) is 20.8. The summed E-state index contributed by atoms with van der Waals surface area (Å²) in [5, 5.41) is 0. The van der Waals surface area contributed by atoms with Crippen molar-refractivity contribution in [2.75, 3.05) is 4.90 Å². The standard InChI is InChI=1S/C58H41N/c1-57(2)49-21-10-6-17-44(49)47-36-31-41(37-54(47)57)40-29-34-43(35-30-40)59(42-32-27-39(28-33-42)38-15-4-3-5-16-38)55-26-14-25-53-56(55)48-20-9-13-24-52(48)58(53)50-22-11-7-18-45(50)46-19-8-12-23-51(46)58/h3-37H,1-2H3. The van der Waals surface area contributed by atoms with Gasteiger partial charge in [0.25, 0.3) is 0 Å². The molecule has 59 heavy (non-hydrogen) atoms. The van der Waals surface area contributed by atoms with Crippen LogP contribution in [-0.2, 0) is 10.8 Å². The van der Waals surface area contributed by atoms with Crippen LogP contribution >= 0.6 is 0 Å². The zero-order valence-electron chi connectivity index (χ0n) is 33.2. The summed E-state index contributed by atoms with van der Waals surface area (Å²) in [5.74, 6) is 0. The Kier molecular flexibility index (Phi) is 7.26. The molecule has 0 atom stereocenters. The summed E-state index contributed by atoms with van der Waals surface area (Å²) in [7, 11) is 0. The van der Waals surface area contributed by atoms with Gasteiger partial charge in [-0.3, -0.25) is 0 Å². The molecule has 0 unspecified atom stereocenters. The van der Waals surface area contributed by atoms with Crippen molar-refractivity contribution in [3.8, 4) is 55.6 Å². The van der Waals surface area contributed by atoms with Crippen LogP contribution in [0.15, 0.2) is 212 Å². The fourth-order valence-corrected chi connectivity index (χ4v) is 10.9. The fourth-order valence-electron chi connectivity index (χ4n) is 10.9. The highest BCUT2D eigenvalue weighted by Crippen LogP contribution is 2.64. The maximum Gasteiger partial charge on any atom is 0.0726 e. The van der Waals surface area contributed by atoms with E-state index in [0.717, 1.165) is 11.4 Å². The van der Waals surface area contributed by atoms with Crippen molar-refractivity contribution >= 4 is 17.1 Å². The monoisotopic (exact) mass is 751 g/mol. The molecule has 3 aliphatic rings. The molecule has 278 valence electrons. The van der Waals surface area contributed by atoms with Crippen molar-refractivity contribution in [2.45, 2.75) is 24.7 Å². The number of fused-ring (bicyclic) bond motifs is 13. The minimum absolute atomic E-state index is 0.0493. The Morgan fingerprint density at radius 1 is 0.305 bits per heavy atom. The van der Waals surface area contributed by atoms with Crippen LogP contribution < -0.4 is 4.90 Å². The second-order valence-corrected chi connectivity index (χ2v) is 16.8. The van der Waals surface area contributed by atoms with Crippen LogP contribution in [0.3, 0.4) is 0 Å². The van der Waals surface area contributed by atoms with Crippen LogP contribution in [-0.4, -0.2) is 0 Å². The lowest BCUT2D eigenvalue weighted by Crippen LogP contribution is -2.26. The summed E-state index contributed by atoms with van der Waals surface area (Å²) in [6.45, 7) is 4.71. The van der Waals surface area contributed by atoms with Gasteiger partial charge in [-0.1, -0.05) is 190 Å². The van der Waals surface area contributed by atoms with E-state index in [0.29, 0.717) is 0 Å². The minimum atomic E-state index is -0.414. The van der Waals surface area contributed by atoms with Crippen LogP contribution in [0.5, 0.6) is 0 Å². The Morgan fingerprint density at radius 2 is 0.729 bits per heavy atom. The van der Waals surface area contributed by atoms with Crippen LogP contribution in [0.25, 0.3) is 55.6 Å². The van der Waals surface area contributed by atoms with E-state index in [4.69, 9.17) is 0 Å². The highest BCUT2D eigenvalue weighted by molar-refractivity contribution is 6.01. The first kappa shape index (κ1) is 33.9. The summed E-state index contributed by atoms with van der Waals surface area (Å²) < 4.78 is 0. The van der Waals surface area contributed by atoms with E-state index >= 15 is 0 Å². The first-order valence-corrected chi connectivity index (χ1v) is 20.8. The van der Waals surface area contributed by atoms with Crippen molar-refractivity contribution in [1.29, 1.82) is 0 Å². The molecular formula is C58H41N. The molecule has 0 aliphatic heterocycles. The van der Waals surface area contributed by atoms with Crippen LogP contribution in [0.4, 0.5) is 17.1 Å². The third-order valence-corrected chi connectivity index (χ3v) is 13.5.